The van der Waals surface area contributed by atoms with Gasteiger partial charge >= 0.3 is 6.03 Å². The molecule has 116 valence electrons. The molecule has 1 N–H and O–H groups in total. The van der Waals surface area contributed by atoms with Crippen LogP contribution < -0.4 is 5.32 Å². The maximum absolute atomic E-state index is 12.3. The van der Waals surface area contributed by atoms with E-state index < -0.39 is 0 Å². The molecule has 21 heavy (non-hydrogen) atoms. The van der Waals surface area contributed by atoms with Gasteiger partial charge in [0.1, 0.15) is 11.5 Å². The van der Waals surface area contributed by atoms with Gasteiger partial charge in [0, 0.05) is 33.1 Å². The molecule has 2 heterocycles. The molecule has 2 rings (SSSR count). The second kappa shape index (κ2) is 6.65. The van der Waals surface area contributed by atoms with Crippen molar-refractivity contribution in [2.45, 2.75) is 33.2 Å². The van der Waals surface area contributed by atoms with E-state index in [-0.39, 0.29) is 18.0 Å². The number of amides is 3. The van der Waals surface area contributed by atoms with Crippen molar-refractivity contribution in [3.8, 4) is 0 Å². The number of nitrogens with zero attached hydrogens (tertiary/aromatic N) is 2. The number of rotatable bonds is 2. The predicted molar refractivity (Wildman–Crippen MR) is 78.8 cm³/mol. The van der Waals surface area contributed by atoms with Gasteiger partial charge in [-0.2, -0.15) is 0 Å². The summed E-state index contributed by atoms with van der Waals surface area (Å²) in [5, 5.41) is 2.94. The number of hydrogen-bond donors (Lipinski definition) is 1. The van der Waals surface area contributed by atoms with Crippen LogP contribution in [0, 0.1) is 6.92 Å². The van der Waals surface area contributed by atoms with Crippen molar-refractivity contribution in [1.29, 1.82) is 0 Å². The van der Waals surface area contributed by atoms with E-state index in [0.717, 1.165) is 17.9 Å². The summed E-state index contributed by atoms with van der Waals surface area (Å²) in [6.07, 6.45) is 0.807. The lowest BCUT2D eigenvalue weighted by Gasteiger charge is -2.23. The summed E-state index contributed by atoms with van der Waals surface area (Å²) in [5.74, 6) is 1.65. The third-order valence-corrected chi connectivity index (χ3v) is 3.76. The Kier molecular flexibility index (Phi) is 4.88. The van der Waals surface area contributed by atoms with Crippen LogP contribution in [0.1, 0.15) is 37.8 Å². The van der Waals surface area contributed by atoms with Crippen molar-refractivity contribution in [1.82, 2.24) is 15.1 Å². The highest BCUT2D eigenvalue weighted by molar-refractivity contribution is 5.75. The number of aryl methyl sites for hydroxylation is 1. The van der Waals surface area contributed by atoms with E-state index in [0.29, 0.717) is 26.2 Å². The van der Waals surface area contributed by atoms with E-state index in [1.54, 1.807) is 16.7 Å². The van der Waals surface area contributed by atoms with Gasteiger partial charge in [0.05, 0.1) is 6.04 Å². The van der Waals surface area contributed by atoms with Crippen molar-refractivity contribution in [2.75, 3.05) is 26.2 Å². The van der Waals surface area contributed by atoms with Crippen LogP contribution in [-0.2, 0) is 4.79 Å². The lowest BCUT2D eigenvalue weighted by atomic mass is 10.2. The molecule has 6 heteroatoms. The second-order valence-corrected chi connectivity index (χ2v) is 5.47. The maximum Gasteiger partial charge on any atom is 0.318 e. The molecule has 6 nitrogen and oxygen atoms in total. The highest BCUT2D eigenvalue weighted by atomic mass is 16.3. The minimum atomic E-state index is -0.168. The molecule has 0 radical (unpaired) electrons. The quantitative estimate of drug-likeness (QED) is 0.906. The fourth-order valence-corrected chi connectivity index (χ4v) is 2.47. The van der Waals surface area contributed by atoms with Gasteiger partial charge in [-0.05, 0) is 32.4 Å². The first-order chi connectivity index (χ1) is 9.97. The molecule has 0 aliphatic carbocycles. The summed E-state index contributed by atoms with van der Waals surface area (Å²) >= 11 is 0. The zero-order valence-electron chi connectivity index (χ0n) is 12.9. The van der Waals surface area contributed by atoms with Gasteiger partial charge in [-0.3, -0.25) is 4.79 Å². The van der Waals surface area contributed by atoms with E-state index >= 15 is 0 Å². The molecule has 1 saturated heterocycles. The molecule has 3 amide bonds. The highest BCUT2D eigenvalue weighted by Gasteiger charge is 2.22. The topological polar surface area (TPSA) is 65.8 Å². The SMILES string of the molecule is CC(=O)N1CCCN(C(=O)N[C@H](C)c2ccc(C)o2)CC1. The van der Waals surface area contributed by atoms with Gasteiger partial charge in [-0.15, -0.1) is 0 Å². The summed E-state index contributed by atoms with van der Waals surface area (Å²) in [6.45, 7) is 7.88. The molecule has 0 unspecified atom stereocenters. The van der Waals surface area contributed by atoms with E-state index in [1.165, 1.54) is 0 Å². The molecule has 0 saturated carbocycles. The van der Waals surface area contributed by atoms with Crippen LogP contribution in [0.4, 0.5) is 4.79 Å². The Hall–Kier alpha value is -1.98. The Labute approximate surface area is 125 Å². The zero-order valence-corrected chi connectivity index (χ0v) is 12.9. The molecule has 1 aromatic rings. The molecule has 1 fully saturated rings. The van der Waals surface area contributed by atoms with Crippen LogP contribution in [0.25, 0.3) is 0 Å². The number of carbonyl (C=O) groups excluding carboxylic acids is 2. The van der Waals surface area contributed by atoms with Crippen molar-refractivity contribution >= 4 is 11.9 Å². The summed E-state index contributed by atoms with van der Waals surface area (Å²) in [5.41, 5.74) is 0. The average Bonchev–Trinajstić information content (AvgIpc) is 2.73. The summed E-state index contributed by atoms with van der Waals surface area (Å²) in [4.78, 5) is 27.2. The number of carbonyl (C=O) groups is 2. The van der Waals surface area contributed by atoms with E-state index in [1.807, 2.05) is 26.0 Å². The molecule has 1 atom stereocenters. The lowest BCUT2D eigenvalue weighted by molar-refractivity contribution is -0.128. The summed E-state index contributed by atoms with van der Waals surface area (Å²) in [7, 11) is 0. The van der Waals surface area contributed by atoms with E-state index in [4.69, 9.17) is 4.42 Å². The van der Waals surface area contributed by atoms with Crippen LogP contribution in [0.2, 0.25) is 0 Å². The molecule has 0 aromatic carbocycles. The van der Waals surface area contributed by atoms with Crippen molar-refractivity contribution in [2.24, 2.45) is 0 Å². The van der Waals surface area contributed by atoms with Crippen LogP contribution in [0.3, 0.4) is 0 Å². The normalized spacial score (nSPS) is 17.3. The Morgan fingerprint density at radius 1 is 1.19 bits per heavy atom. The molecule has 1 aromatic heterocycles. The van der Waals surface area contributed by atoms with Crippen molar-refractivity contribution in [3.63, 3.8) is 0 Å². The third-order valence-electron chi connectivity index (χ3n) is 3.76. The Morgan fingerprint density at radius 3 is 2.48 bits per heavy atom. The Bertz CT molecular complexity index is 512. The van der Waals surface area contributed by atoms with Crippen LogP contribution >= 0.6 is 0 Å². The van der Waals surface area contributed by atoms with Gasteiger partial charge in [0.15, 0.2) is 0 Å². The van der Waals surface area contributed by atoms with E-state index in [9.17, 15) is 9.59 Å². The van der Waals surface area contributed by atoms with Gasteiger partial charge in [-0.1, -0.05) is 0 Å². The number of urea groups is 1. The fraction of sp³-hybridized carbons (Fsp3) is 0.600. The fourth-order valence-electron chi connectivity index (χ4n) is 2.47. The molecule has 0 spiro atoms. The first-order valence-corrected chi connectivity index (χ1v) is 7.34. The molecule has 1 aliphatic heterocycles. The zero-order chi connectivity index (χ0) is 15.4. The predicted octanol–water partition coefficient (Wildman–Crippen LogP) is 1.91. The first kappa shape index (κ1) is 15.4. The van der Waals surface area contributed by atoms with Gasteiger partial charge < -0.3 is 19.5 Å². The minimum Gasteiger partial charge on any atom is -0.464 e. The largest absolute Gasteiger partial charge is 0.464 e. The average molecular weight is 293 g/mol. The number of nitrogens with one attached hydrogen (secondary N) is 1. The molecule has 0 bridgehead atoms. The minimum absolute atomic E-state index is 0.0664. The summed E-state index contributed by atoms with van der Waals surface area (Å²) < 4.78 is 5.52. The molecular formula is C15H23N3O3. The van der Waals surface area contributed by atoms with Crippen LogP contribution in [0.15, 0.2) is 16.5 Å². The van der Waals surface area contributed by atoms with Gasteiger partial charge in [0.25, 0.3) is 0 Å². The first-order valence-electron chi connectivity index (χ1n) is 7.34. The molecule has 1 aliphatic rings. The Balaban J connectivity index is 1.89. The monoisotopic (exact) mass is 293 g/mol. The van der Waals surface area contributed by atoms with Crippen molar-refractivity contribution < 1.29 is 14.0 Å². The van der Waals surface area contributed by atoms with E-state index in [2.05, 4.69) is 5.32 Å². The number of furan rings is 1. The van der Waals surface area contributed by atoms with Gasteiger partial charge in [0.2, 0.25) is 5.91 Å². The van der Waals surface area contributed by atoms with Crippen LogP contribution in [-0.4, -0.2) is 47.9 Å². The smallest absolute Gasteiger partial charge is 0.318 e. The molecular weight excluding hydrogens is 270 g/mol. The number of hydrogen-bond acceptors (Lipinski definition) is 3. The second-order valence-electron chi connectivity index (χ2n) is 5.47. The van der Waals surface area contributed by atoms with Crippen molar-refractivity contribution in [3.05, 3.63) is 23.7 Å². The Morgan fingerprint density at radius 2 is 1.86 bits per heavy atom. The standard InChI is InChI=1S/C15H23N3O3/c1-11-5-6-14(21-11)12(2)16-15(20)18-8-4-7-17(9-10-18)13(3)19/h5-6,12H,4,7-10H2,1-3H3,(H,16,20)/t12-/m1/s1. The lowest BCUT2D eigenvalue weighted by Crippen LogP contribution is -2.43. The third kappa shape index (κ3) is 4.00. The maximum atomic E-state index is 12.3. The van der Waals surface area contributed by atoms with Crippen LogP contribution in [0.5, 0.6) is 0 Å². The van der Waals surface area contributed by atoms with Gasteiger partial charge in [-0.25, -0.2) is 4.79 Å². The highest BCUT2D eigenvalue weighted by Crippen LogP contribution is 2.16. The summed E-state index contributed by atoms with van der Waals surface area (Å²) in [6, 6.07) is 3.48.